The molecule has 0 aromatic heterocycles. The smallest absolute Gasteiger partial charge is 0.252 e. The number of phenolic OH excluding ortho intramolecular Hbond substituents is 1. The molecular formula is C33H30N6O4. The third-order valence-corrected chi connectivity index (χ3v) is 7.62. The minimum Gasteiger partial charge on any atom is -0.508 e. The van der Waals surface area contributed by atoms with E-state index in [4.69, 9.17) is 21.0 Å². The first kappa shape index (κ1) is 27.5. The molecule has 216 valence electrons. The number of nitrogens with zero attached hydrogens (tertiary/aromatic N) is 2. The Morgan fingerprint density at radius 1 is 0.953 bits per heavy atom. The summed E-state index contributed by atoms with van der Waals surface area (Å²) in [5, 5.41) is 30.3. The molecule has 1 amide bonds. The van der Waals surface area contributed by atoms with Gasteiger partial charge in [0.15, 0.2) is 11.4 Å². The second-order valence-electron chi connectivity index (χ2n) is 10.4. The Hall–Kier alpha value is -5.64. The highest BCUT2D eigenvalue weighted by Gasteiger charge is 2.24. The van der Waals surface area contributed by atoms with E-state index in [9.17, 15) is 14.7 Å². The van der Waals surface area contributed by atoms with Crippen molar-refractivity contribution < 1.29 is 14.3 Å². The van der Waals surface area contributed by atoms with Gasteiger partial charge < -0.3 is 25.5 Å². The fraction of sp³-hybridized carbons (Fsp3) is 0.152. The lowest BCUT2D eigenvalue weighted by Crippen LogP contribution is -2.48. The number of fused-ring (bicyclic) bond motifs is 2. The van der Waals surface area contributed by atoms with Crippen molar-refractivity contribution in [2.75, 3.05) is 18.0 Å². The van der Waals surface area contributed by atoms with Gasteiger partial charge in [-0.3, -0.25) is 25.3 Å². The van der Waals surface area contributed by atoms with E-state index < -0.39 is 0 Å². The number of benzene rings is 4. The second-order valence-corrected chi connectivity index (χ2v) is 10.4. The average molecular weight is 575 g/mol. The summed E-state index contributed by atoms with van der Waals surface area (Å²) in [5.74, 6) is 0.0368. The van der Waals surface area contributed by atoms with Crippen molar-refractivity contribution >= 4 is 34.5 Å². The molecule has 6 rings (SSSR count). The largest absolute Gasteiger partial charge is 0.508 e. The zero-order chi connectivity index (χ0) is 30.1. The van der Waals surface area contributed by atoms with Crippen LogP contribution in [0.4, 0.5) is 5.69 Å². The van der Waals surface area contributed by atoms with E-state index in [0.29, 0.717) is 39.1 Å². The van der Waals surface area contributed by atoms with Gasteiger partial charge in [-0.15, -0.1) is 0 Å². The SMILES string of the molecule is N=C(N)N(C(=N)N1CCCC1)c1ccc(CNC(=O)c2ccccc2-c2c3ccc(=O)cc-3oc3cc(O)ccc23)cc1. The summed E-state index contributed by atoms with van der Waals surface area (Å²) >= 11 is 0. The van der Waals surface area contributed by atoms with Crippen molar-refractivity contribution in [2.45, 2.75) is 19.4 Å². The number of carbonyl (C=O) groups is 1. The van der Waals surface area contributed by atoms with Gasteiger partial charge in [0.25, 0.3) is 5.91 Å². The number of phenols is 1. The minimum absolute atomic E-state index is 0.0242. The first-order chi connectivity index (χ1) is 20.8. The molecule has 0 atom stereocenters. The summed E-state index contributed by atoms with van der Waals surface area (Å²) in [6.07, 6.45) is 2.01. The van der Waals surface area contributed by atoms with Crippen LogP contribution in [0.1, 0.15) is 28.8 Å². The molecule has 1 fully saturated rings. The van der Waals surface area contributed by atoms with E-state index in [2.05, 4.69) is 5.32 Å². The predicted octanol–water partition coefficient (Wildman–Crippen LogP) is 4.93. The van der Waals surface area contributed by atoms with Crippen molar-refractivity contribution in [3.8, 4) is 28.2 Å². The molecule has 10 heteroatoms. The van der Waals surface area contributed by atoms with Crippen LogP contribution in [0.2, 0.25) is 0 Å². The number of aromatic hydroxyl groups is 1. The standard InChI is InChI=1S/C33H30N6O4/c34-32(35)39(33(36)38-15-3-4-16-38)21-9-7-20(8-10-21)19-37-31(42)25-6-2-1-5-24(25)30-26-13-11-22(40)17-28(26)43-29-18-23(41)12-14-27(29)30/h1-2,5-14,17-18,36,40H,3-4,15-16,19H2,(H3,34,35)(H,37,42). The molecule has 3 aromatic rings. The maximum Gasteiger partial charge on any atom is 0.252 e. The van der Waals surface area contributed by atoms with Crippen LogP contribution in [0.3, 0.4) is 0 Å². The molecule has 0 radical (unpaired) electrons. The van der Waals surface area contributed by atoms with Crippen molar-refractivity contribution in [3.05, 3.63) is 106 Å². The number of guanidine groups is 2. The van der Waals surface area contributed by atoms with Crippen molar-refractivity contribution in [3.63, 3.8) is 0 Å². The highest BCUT2D eigenvalue weighted by atomic mass is 16.3. The van der Waals surface area contributed by atoms with Crippen LogP contribution in [-0.4, -0.2) is 40.9 Å². The molecule has 2 aliphatic heterocycles. The monoisotopic (exact) mass is 574 g/mol. The lowest BCUT2D eigenvalue weighted by molar-refractivity contribution is 0.0951. The van der Waals surface area contributed by atoms with Gasteiger partial charge in [-0.1, -0.05) is 30.3 Å². The Balaban J connectivity index is 1.28. The Labute approximate surface area is 247 Å². The first-order valence-electron chi connectivity index (χ1n) is 13.9. The van der Waals surface area contributed by atoms with Gasteiger partial charge >= 0.3 is 0 Å². The molecule has 0 bridgehead atoms. The number of likely N-dealkylation sites (tertiary alicyclic amines) is 1. The molecule has 0 saturated carbocycles. The van der Waals surface area contributed by atoms with Gasteiger partial charge in [0.2, 0.25) is 5.96 Å². The summed E-state index contributed by atoms with van der Waals surface area (Å²) in [6.45, 7) is 1.77. The third kappa shape index (κ3) is 5.38. The molecule has 1 saturated heterocycles. The van der Waals surface area contributed by atoms with Crippen LogP contribution in [0.5, 0.6) is 5.75 Å². The quantitative estimate of drug-likeness (QED) is 0.113. The zero-order valence-corrected chi connectivity index (χ0v) is 23.3. The predicted molar refractivity (Wildman–Crippen MR) is 167 cm³/mol. The number of nitrogens with two attached hydrogens (primary N) is 1. The number of anilines is 1. The summed E-state index contributed by atoms with van der Waals surface area (Å²) in [7, 11) is 0. The number of amides is 1. The zero-order valence-electron chi connectivity index (χ0n) is 23.3. The lowest BCUT2D eigenvalue weighted by Gasteiger charge is -2.29. The molecular weight excluding hydrogens is 544 g/mol. The summed E-state index contributed by atoms with van der Waals surface area (Å²) in [6, 6.07) is 23.8. The highest BCUT2D eigenvalue weighted by Crippen LogP contribution is 2.41. The van der Waals surface area contributed by atoms with Gasteiger partial charge in [-0.25, -0.2) is 0 Å². The summed E-state index contributed by atoms with van der Waals surface area (Å²) < 4.78 is 5.96. The number of nitrogens with one attached hydrogen (secondary N) is 3. The highest BCUT2D eigenvalue weighted by molar-refractivity contribution is 6.14. The Morgan fingerprint density at radius 3 is 2.44 bits per heavy atom. The molecule has 10 nitrogen and oxygen atoms in total. The maximum absolute atomic E-state index is 13.6. The van der Waals surface area contributed by atoms with Gasteiger partial charge in [0.1, 0.15) is 17.1 Å². The molecule has 43 heavy (non-hydrogen) atoms. The van der Waals surface area contributed by atoms with E-state index in [1.807, 2.05) is 29.2 Å². The maximum atomic E-state index is 13.6. The number of hydrogen-bond donors (Lipinski definition) is 5. The topological polar surface area (TPSA) is 160 Å². The fourth-order valence-electron chi connectivity index (χ4n) is 5.53. The Bertz CT molecular complexity index is 1890. The van der Waals surface area contributed by atoms with Gasteiger partial charge in [-0.05, 0) is 66.4 Å². The van der Waals surface area contributed by atoms with E-state index in [-0.39, 0.29) is 35.5 Å². The average Bonchev–Trinajstić information content (AvgIpc) is 3.54. The Kier molecular flexibility index (Phi) is 7.25. The second kappa shape index (κ2) is 11.3. The van der Waals surface area contributed by atoms with Crippen LogP contribution in [0, 0.1) is 10.8 Å². The fourth-order valence-corrected chi connectivity index (χ4v) is 5.53. The molecule has 0 unspecified atom stereocenters. The number of hydrogen-bond acceptors (Lipinski definition) is 6. The molecule has 3 aliphatic rings. The van der Waals surface area contributed by atoms with Crippen molar-refractivity contribution in [1.29, 1.82) is 10.8 Å². The van der Waals surface area contributed by atoms with E-state index in [0.717, 1.165) is 37.1 Å². The van der Waals surface area contributed by atoms with Gasteiger partial charge in [-0.2, -0.15) is 0 Å². The summed E-state index contributed by atoms with van der Waals surface area (Å²) in [4.78, 5) is 29.0. The van der Waals surface area contributed by atoms with Crippen LogP contribution in [0.25, 0.3) is 33.4 Å². The van der Waals surface area contributed by atoms with Crippen molar-refractivity contribution in [2.24, 2.45) is 5.73 Å². The van der Waals surface area contributed by atoms with Crippen LogP contribution in [-0.2, 0) is 6.54 Å². The molecule has 2 heterocycles. The minimum atomic E-state index is -0.290. The normalized spacial score (nSPS) is 12.9. The molecule has 0 spiro atoms. The first-order valence-corrected chi connectivity index (χ1v) is 13.9. The van der Waals surface area contributed by atoms with E-state index in [1.54, 1.807) is 42.5 Å². The van der Waals surface area contributed by atoms with Crippen LogP contribution in [0.15, 0.2) is 94.1 Å². The van der Waals surface area contributed by atoms with E-state index in [1.165, 1.54) is 23.1 Å². The molecule has 6 N–H and O–H groups in total. The lowest BCUT2D eigenvalue weighted by atomic mass is 9.90. The van der Waals surface area contributed by atoms with E-state index >= 15 is 0 Å². The Morgan fingerprint density at radius 2 is 1.70 bits per heavy atom. The van der Waals surface area contributed by atoms with Crippen LogP contribution >= 0.6 is 0 Å². The van der Waals surface area contributed by atoms with Crippen LogP contribution < -0.4 is 21.4 Å². The number of carbonyl (C=O) groups excluding carboxylic acids is 1. The van der Waals surface area contributed by atoms with Gasteiger partial charge in [0.05, 0.1) is 5.69 Å². The summed E-state index contributed by atoms with van der Waals surface area (Å²) in [5.41, 5.74) is 9.93. The molecule has 3 aromatic carbocycles. The number of rotatable bonds is 5. The third-order valence-electron chi connectivity index (χ3n) is 7.62. The molecule has 1 aliphatic carbocycles. The van der Waals surface area contributed by atoms with Gasteiger partial charge in [0, 0.05) is 53.8 Å². The van der Waals surface area contributed by atoms with Crippen molar-refractivity contribution in [1.82, 2.24) is 10.2 Å².